The van der Waals surface area contributed by atoms with E-state index in [1.807, 2.05) is 18.2 Å². The summed E-state index contributed by atoms with van der Waals surface area (Å²) in [5, 5.41) is 3.15. The predicted octanol–water partition coefficient (Wildman–Crippen LogP) is 1.37. The van der Waals surface area contributed by atoms with E-state index in [-0.39, 0.29) is 5.76 Å². The fourth-order valence-corrected chi connectivity index (χ4v) is 1.62. The van der Waals surface area contributed by atoms with Crippen molar-refractivity contribution in [3.05, 3.63) is 47.5 Å². The maximum atomic E-state index is 11.6. The van der Waals surface area contributed by atoms with Gasteiger partial charge in [0, 0.05) is 19.6 Å². The Labute approximate surface area is 93.2 Å². The van der Waals surface area contributed by atoms with Crippen LogP contribution in [0.25, 0.3) is 11.1 Å². The van der Waals surface area contributed by atoms with Gasteiger partial charge in [0.2, 0.25) is 0 Å². The van der Waals surface area contributed by atoms with Gasteiger partial charge in [0.25, 0.3) is 0 Å². The van der Waals surface area contributed by atoms with E-state index in [1.54, 1.807) is 16.7 Å². The molecule has 2 aromatic rings. The second-order valence-corrected chi connectivity index (χ2v) is 3.48. The zero-order valence-corrected chi connectivity index (χ0v) is 8.98. The Morgan fingerprint density at radius 1 is 1.44 bits per heavy atom. The molecule has 0 aliphatic heterocycles. The number of nitrogens with one attached hydrogen (secondary N) is 1. The Bertz CT molecular complexity index is 539. The van der Waals surface area contributed by atoms with Crippen LogP contribution in [-0.4, -0.2) is 17.7 Å². The molecule has 0 aliphatic carbocycles. The van der Waals surface area contributed by atoms with Crippen LogP contribution in [0.4, 0.5) is 0 Å². The van der Waals surface area contributed by atoms with Gasteiger partial charge >= 0.3 is 5.76 Å². The Morgan fingerprint density at radius 3 is 3.06 bits per heavy atom. The minimum atomic E-state index is -0.304. The van der Waals surface area contributed by atoms with Crippen LogP contribution >= 0.6 is 0 Å². The lowest BCUT2D eigenvalue weighted by Crippen LogP contribution is -2.24. The molecular weight excluding hydrogens is 204 g/mol. The van der Waals surface area contributed by atoms with Crippen molar-refractivity contribution in [1.82, 2.24) is 9.88 Å². The van der Waals surface area contributed by atoms with Gasteiger partial charge in [-0.05, 0) is 12.1 Å². The third-order valence-corrected chi connectivity index (χ3v) is 2.37. The highest BCUT2D eigenvalue weighted by Crippen LogP contribution is 2.10. The number of benzene rings is 1. The van der Waals surface area contributed by atoms with Crippen molar-refractivity contribution in [2.45, 2.75) is 6.54 Å². The molecule has 0 radical (unpaired) electrons. The van der Waals surface area contributed by atoms with Crippen molar-refractivity contribution >= 4 is 11.1 Å². The van der Waals surface area contributed by atoms with E-state index in [2.05, 4.69) is 11.9 Å². The number of hydrogen-bond acceptors (Lipinski definition) is 3. The van der Waals surface area contributed by atoms with Crippen molar-refractivity contribution in [1.29, 1.82) is 0 Å². The van der Waals surface area contributed by atoms with E-state index < -0.39 is 0 Å². The zero-order chi connectivity index (χ0) is 11.4. The molecule has 4 nitrogen and oxygen atoms in total. The molecule has 0 aliphatic rings. The summed E-state index contributed by atoms with van der Waals surface area (Å²) in [4.78, 5) is 11.6. The maximum absolute atomic E-state index is 11.6. The van der Waals surface area contributed by atoms with Crippen LogP contribution < -0.4 is 11.1 Å². The third kappa shape index (κ3) is 2.06. The summed E-state index contributed by atoms with van der Waals surface area (Å²) in [7, 11) is 0. The lowest BCUT2D eigenvalue weighted by molar-refractivity contribution is 0.498. The summed E-state index contributed by atoms with van der Waals surface area (Å²) in [6.07, 6.45) is 1.79. The Hall–Kier alpha value is -1.81. The highest BCUT2D eigenvalue weighted by atomic mass is 16.4. The summed E-state index contributed by atoms with van der Waals surface area (Å²) < 4.78 is 6.75. The number of para-hydroxylation sites is 2. The molecular formula is C12H14N2O2. The number of aromatic nitrogens is 1. The smallest absolute Gasteiger partial charge is 0.408 e. The molecule has 0 spiro atoms. The van der Waals surface area contributed by atoms with E-state index in [0.29, 0.717) is 12.1 Å². The second kappa shape index (κ2) is 4.81. The first-order valence-electron chi connectivity index (χ1n) is 5.23. The average Bonchev–Trinajstić information content (AvgIpc) is 2.61. The van der Waals surface area contributed by atoms with Gasteiger partial charge in [-0.3, -0.25) is 4.57 Å². The molecule has 0 saturated carbocycles. The van der Waals surface area contributed by atoms with Gasteiger partial charge in [-0.1, -0.05) is 18.2 Å². The van der Waals surface area contributed by atoms with E-state index in [9.17, 15) is 4.79 Å². The first kappa shape index (κ1) is 10.7. The van der Waals surface area contributed by atoms with E-state index in [4.69, 9.17) is 4.42 Å². The number of rotatable bonds is 5. The molecule has 0 fully saturated rings. The van der Waals surface area contributed by atoms with Gasteiger partial charge in [0.05, 0.1) is 5.52 Å². The molecule has 1 N–H and O–H groups in total. The Balaban J connectivity index is 2.19. The van der Waals surface area contributed by atoms with Gasteiger partial charge in [-0.15, -0.1) is 6.58 Å². The highest BCUT2D eigenvalue weighted by Gasteiger charge is 2.06. The molecule has 16 heavy (non-hydrogen) atoms. The van der Waals surface area contributed by atoms with Crippen LogP contribution in [0, 0.1) is 0 Å². The number of fused-ring (bicyclic) bond motifs is 1. The van der Waals surface area contributed by atoms with Crippen LogP contribution in [0.5, 0.6) is 0 Å². The molecule has 1 aromatic carbocycles. The SMILES string of the molecule is C=CCNCCn1c(=O)oc2ccccc21. The monoisotopic (exact) mass is 218 g/mol. The van der Waals surface area contributed by atoms with Gasteiger partial charge in [-0.2, -0.15) is 0 Å². The fraction of sp³-hybridized carbons (Fsp3) is 0.250. The lowest BCUT2D eigenvalue weighted by atomic mass is 10.3. The first-order chi connectivity index (χ1) is 7.83. The Morgan fingerprint density at radius 2 is 2.25 bits per heavy atom. The van der Waals surface area contributed by atoms with Gasteiger partial charge < -0.3 is 9.73 Å². The standard InChI is InChI=1S/C12H14N2O2/c1-2-7-13-8-9-14-10-5-3-4-6-11(10)16-12(14)15/h2-6,13H,1,7-9H2. The number of nitrogens with zero attached hydrogens (tertiary/aromatic N) is 1. The van der Waals surface area contributed by atoms with Crippen molar-refractivity contribution in [3.63, 3.8) is 0 Å². The van der Waals surface area contributed by atoms with Crippen molar-refractivity contribution in [2.24, 2.45) is 0 Å². The van der Waals surface area contributed by atoms with Crippen LogP contribution in [-0.2, 0) is 6.54 Å². The van der Waals surface area contributed by atoms with Crippen molar-refractivity contribution in [3.8, 4) is 0 Å². The zero-order valence-electron chi connectivity index (χ0n) is 8.98. The largest absolute Gasteiger partial charge is 0.419 e. The topological polar surface area (TPSA) is 47.2 Å². The quantitative estimate of drug-likeness (QED) is 0.609. The Kier molecular flexibility index (Phi) is 3.22. The van der Waals surface area contributed by atoms with Crippen LogP contribution in [0.3, 0.4) is 0 Å². The van der Waals surface area contributed by atoms with Crippen molar-refractivity contribution < 1.29 is 4.42 Å². The van der Waals surface area contributed by atoms with E-state index >= 15 is 0 Å². The molecule has 1 heterocycles. The molecule has 1 aromatic heterocycles. The molecule has 0 bridgehead atoms. The van der Waals surface area contributed by atoms with E-state index in [1.165, 1.54) is 0 Å². The molecule has 4 heteroatoms. The predicted molar refractivity (Wildman–Crippen MR) is 63.5 cm³/mol. The summed E-state index contributed by atoms with van der Waals surface area (Å²) in [5.74, 6) is -0.304. The van der Waals surface area contributed by atoms with Crippen LogP contribution in [0.1, 0.15) is 0 Å². The number of hydrogen-bond donors (Lipinski definition) is 1. The van der Waals surface area contributed by atoms with Crippen LogP contribution in [0.15, 0.2) is 46.1 Å². The van der Waals surface area contributed by atoms with Gasteiger partial charge in [0.15, 0.2) is 5.58 Å². The molecule has 0 saturated heterocycles. The highest BCUT2D eigenvalue weighted by molar-refractivity contribution is 5.72. The fourth-order valence-electron chi connectivity index (χ4n) is 1.62. The molecule has 0 atom stereocenters. The van der Waals surface area contributed by atoms with Gasteiger partial charge in [0.1, 0.15) is 0 Å². The third-order valence-electron chi connectivity index (χ3n) is 2.37. The molecule has 2 rings (SSSR count). The maximum Gasteiger partial charge on any atom is 0.419 e. The summed E-state index contributed by atoms with van der Waals surface area (Å²) in [5.41, 5.74) is 1.48. The molecule has 84 valence electrons. The van der Waals surface area contributed by atoms with Gasteiger partial charge in [-0.25, -0.2) is 4.79 Å². The summed E-state index contributed by atoms with van der Waals surface area (Å²) >= 11 is 0. The minimum Gasteiger partial charge on any atom is -0.408 e. The van der Waals surface area contributed by atoms with E-state index in [0.717, 1.165) is 18.6 Å². The first-order valence-corrected chi connectivity index (χ1v) is 5.23. The second-order valence-electron chi connectivity index (χ2n) is 3.48. The summed E-state index contributed by atoms with van der Waals surface area (Å²) in [6.45, 7) is 5.67. The molecule has 0 unspecified atom stereocenters. The minimum absolute atomic E-state index is 0.304. The normalized spacial score (nSPS) is 10.8. The molecule has 0 amide bonds. The average molecular weight is 218 g/mol. The lowest BCUT2D eigenvalue weighted by Gasteiger charge is -2.02. The number of oxazole rings is 1. The van der Waals surface area contributed by atoms with Crippen molar-refractivity contribution in [2.75, 3.05) is 13.1 Å². The van der Waals surface area contributed by atoms with Crippen LogP contribution in [0.2, 0.25) is 0 Å². The summed E-state index contributed by atoms with van der Waals surface area (Å²) in [6, 6.07) is 7.43.